The molecule has 0 amide bonds. The van der Waals surface area contributed by atoms with Gasteiger partial charge >= 0.3 is 0 Å². The summed E-state index contributed by atoms with van der Waals surface area (Å²) in [5, 5.41) is 13.3. The summed E-state index contributed by atoms with van der Waals surface area (Å²) in [6.45, 7) is 2.14. The molecule has 0 aliphatic heterocycles. The van der Waals surface area contributed by atoms with Crippen molar-refractivity contribution in [2.45, 2.75) is 19.1 Å². The Bertz CT molecular complexity index is 573. The van der Waals surface area contributed by atoms with E-state index in [2.05, 4.69) is 10.3 Å². The van der Waals surface area contributed by atoms with E-state index in [9.17, 15) is 13.9 Å². The van der Waals surface area contributed by atoms with E-state index >= 15 is 0 Å². The van der Waals surface area contributed by atoms with Gasteiger partial charge in [-0.25, -0.2) is 8.78 Å². The van der Waals surface area contributed by atoms with Gasteiger partial charge in [-0.3, -0.25) is 4.98 Å². The molecule has 20 heavy (non-hydrogen) atoms. The molecule has 0 aliphatic carbocycles. The minimum atomic E-state index is -1.42. The first-order valence-corrected chi connectivity index (χ1v) is 6.26. The molecule has 0 fully saturated rings. The summed E-state index contributed by atoms with van der Waals surface area (Å²) in [7, 11) is 0. The maximum Gasteiger partial charge on any atom is 0.132 e. The number of nitrogens with one attached hydrogen (secondary N) is 1. The number of halogens is 2. The molecule has 0 bridgehead atoms. The number of rotatable bonds is 5. The number of aliphatic hydroxyl groups is 1. The highest BCUT2D eigenvalue weighted by atomic mass is 19.1. The van der Waals surface area contributed by atoms with Gasteiger partial charge in [-0.15, -0.1) is 0 Å². The number of benzene rings is 1. The van der Waals surface area contributed by atoms with Gasteiger partial charge in [0.05, 0.1) is 0 Å². The third-order valence-corrected chi connectivity index (χ3v) is 3.03. The molecule has 0 radical (unpaired) electrons. The zero-order valence-electron chi connectivity index (χ0n) is 11.1. The monoisotopic (exact) mass is 278 g/mol. The van der Waals surface area contributed by atoms with Crippen LogP contribution < -0.4 is 5.32 Å². The SMILES string of the molecule is CC(O)(CNCc1cccnc1)c1ccc(F)cc1F. The van der Waals surface area contributed by atoms with Crippen molar-refractivity contribution in [1.29, 1.82) is 0 Å². The summed E-state index contributed by atoms with van der Waals surface area (Å²) < 4.78 is 26.5. The lowest BCUT2D eigenvalue weighted by atomic mass is 9.95. The van der Waals surface area contributed by atoms with Gasteiger partial charge in [0.1, 0.15) is 17.2 Å². The molecule has 0 saturated carbocycles. The van der Waals surface area contributed by atoms with E-state index in [1.807, 2.05) is 12.1 Å². The summed E-state index contributed by atoms with van der Waals surface area (Å²) in [6.07, 6.45) is 3.38. The third-order valence-electron chi connectivity index (χ3n) is 3.03. The molecule has 1 unspecified atom stereocenters. The van der Waals surface area contributed by atoms with Crippen LogP contribution in [-0.2, 0) is 12.1 Å². The largest absolute Gasteiger partial charge is 0.384 e. The summed E-state index contributed by atoms with van der Waals surface area (Å²) in [4.78, 5) is 3.98. The maximum absolute atomic E-state index is 13.7. The smallest absolute Gasteiger partial charge is 0.132 e. The molecule has 0 aliphatic rings. The van der Waals surface area contributed by atoms with E-state index < -0.39 is 17.2 Å². The number of hydrogen-bond acceptors (Lipinski definition) is 3. The summed E-state index contributed by atoms with van der Waals surface area (Å²) >= 11 is 0. The molecule has 0 saturated heterocycles. The van der Waals surface area contributed by atoms with Crippen LogP contribution in [0.25, 0.3) is 0 Å². The van der Waals surface area contributed by atoms with Crippen molar-refractivity contribution in [3.05, 3.63) is 65.5 Å². The highest BCUT2D eigenvalue weighted by molar-refractivity contribution is 5.25. The van der Waals surface area contributed by atoms with Crippen LogP contribution in [0.5, 0.6) is 0 Å². The van der Waals surface area contributed by atoms with E-state index in [4.69, 9.17) is 0 Å². The quantitative estimate of drug-likeness (QED) is 0.882. The lowest BCUT2D eigenvalue weighted by Crippen LogP contribution is -2.36. The number of pyridine rings is 1. The predicted molar refractivity (Wildman–Crippen MR) is 71.9 cm³/mol. The van der Waals surface area contributed by atoms with Crippen LogP contribution in [0, 0.1) is 11.6 Å². The van der Waals surface area contributed by atoms with E-state index in [1.54, 1.807) is 12.4 Å². The molecule has 1 heterocycles. The van der Waals surface area contributed by atoms with Crippen LogP contribution in [0.2, 0.25) is 0 Å². The van der Waals surface area contributed by atoms with E-state index in [-0.39, 0.29) is 12.1 Å². The predicted octanol–water partition coefficient (Wildman–Crippen LogP) is 2.36. The lowest BCUT2D eigenvalue weighted by Gasteiger charge is -2.25. The first-order valence-electron chi connectivity index (χ1n) is 6.26. The van der Waals surface area contributed by atoms with Crippen molar-refractivity contribution in [3.8, 4) is 0 Å². The standard InChI is InChI=1S/C15H16F2N2O/c1-15(20,13-5-4-12(16)7-14(13)17)10-19-9-11-3-2-6-18-8-11/h2-8,19-20H,9-10H2,1H3. The average molecular weight is 278 g/mol. The molecular formula is C15H16F2N2O. The summed E-state index contributed by atoms with van der Waals surface area (Å²) in [5.74, 6) is -1.41. The lowest BCUT2D eigenvalue weighted by molar-refractivity contribution is 0.0528. The molecule has 5 heteroatoms. The van der Waals surface area contributed by atoms with Crippen LogP contribution in [0.4, 0.5) is 8.78 Å². The highest BCUT2D eigenvalue weighted by Gasteiger charge is 2.26. The van der Waals surface area contributed by atoms with Gasteiger partial charge in [0, 0.05) is 37.1 Å². The van der Waals surface area contributed by atoms with Crippen LogP contribution >= 0.6 is 0 Å². The Hall–Kier alpha value is -1.85. The molecule has 1 atom stereocenters. The molecule has 2 N–H and O–H groups in total. The van der Waals surface area contributed by atoms with Crippen LogP contribution in [0.1, 0.15) is 18.1 Å². The Morgan fingerprint density at radius 3 is 2.75 bits per heavy atom. The minimum Gasteiger partial charge on any atom is -0.384 e. The molecule has 2 rings (SSSR count). The zero-order valence-corrected chi connectivity index (χ0v) is 11.1. The molecule has 3 nitrogen and oxygen atoms in total. The van der Waals surface area contributed by atoms with Crippen LogP contribution in [0.3, 0.4) is 0 Å². The Morgan fingerprint density at radius 1 is 1.30 bits per heavy atom. The molecule has 0 spiro atoms. The van der Waals surface area contributed by atoms with Crippen molar-refractivity contribution in [3.63, 3.8) is 0 Å². The molecule has 2 aromatic rings. The second-order valence-electron chi connectivity index (χ2n) is 4.86. The van der Waals surface area contributed by atoms with Crippen molar-refractivity contribution in [2.24, 2.45) is 0 Å². The zero-order chi connectivity index (χ0) is 14.6. The molecule has 1 aromatic heterocycles. The van der Waals surface area contributed by atoms with Crippen LogP contribution in [0.15, 0.2) is 42.7 Å². The van der Waals surface area contributed by atoms with Gasteiger partial charge < -0.3 is 10.4 Å². The number of hydrogen-bond donors (Lipinski definition) is 2. The van der Waals surface area contributed by atoms with E-state index in [1.165, 1.54) is 13.0 Å². The van der Waals surface area contributed by atoms with E-state index in [0.29, 0.717) is 6.54 Å². The molecule has 1 aromatic carbocycles. The van der Waals surface area contributed by atoms with Gasteiger partial charge in [0.15, 0.2) is 0 Å². The van der Waals surface area contributed by atoms with Gasteiger partial charge in [-0.05, 0) is 24.6 Å². The fraction of sp³-hybridized carbons (Fsp3) is 0.267. The Balaban J connectivity index is 2.00. The van der Waals surface area contributed by atoms with Gasteiger partial charge in [-0.1, -0.05) is 12.1 Å². The Morgan fingerprint density at radius 2 is 2.10 bits per heavy atom. The Labute approximate surface area is 116 Å². The number of aromatic nitrogens is 1. The van der Waals surface area contributed by atoms with Crippen molar-refractivity contribution in [2.75, 3.05) is 6.54 Å². The molecular weight excluding hydrogens is 262 g/mol. The first kappa shape index (κ1) is 14.6. The van der Waals surface area contributed by atoms with Crippen LogP contribution in [-0.4, -0.2) is 16.6 Å². The van der Waals surface area contributed by atoms with Gasteiger partial charge in [0.2, 0.25) is 0 Å². The topological polar surface area (TPSA) is 45.1 Å². The second kappa shape index (κ2) is 6.07. The third kappa shape index (κ3) is 3.59. The van der Waals surface area contributed by atoms with E-state index in [0.717, 1.165) is 17.7 Å². The van der Waals surface area contributed by atoms with Crippen molar-refractivity contribution < 1.29 is 13.9 Å². The van der Waals surface area contributed by atoms with Crippen molar-refractivity contribution >= 4 is 0 Å². The van der Waals surface area contributed by atoms with Gasteiger partial charge in [0.25, 0.3) is 0 Å². The normalized spacial score (nSPS) is 14.0. The summed E-state index contributed by atoms with van der Waals surface area (Å²) in [5.41, 5.74) is -0.388. The fourth-order valence-corrected chi connectivity index (χ4v) is 1.97. The molecule has 106 valence electrons. The average Bonchev–Trinajstić information content (AvgIpc) is 2.39. The number of nitrogens with zero attached hydrogens (tertiary/aromatic N) is 1. The highest BCUT2D eigenvalue weighted by Crippen LogP contribution is 2.23. The maximum atomic E-state index is 13.7. The van der Waals surface area contributed by atoms with Crippen molar-refractivity contribution in [1.82, 2.24) is 10.3 Å². The Kier molecular flexibility index (Phi) is 4.42. The fourth-order valence-electron chi connectivity index (χ4n) is 1.97. The summed E-state index contributed by atoms with van der Waals surface area (Å²) in [6, 6.07) is 6.87. The first-order chi connectivity index (χ1) is 9.49. The second-order valence-corrected chi connectivity index (χ2v) is 4.86. The minimum absolute atomic E-state index is 0.0672. The van der Waals surface area contributed by atoms with Gasteiger partial charge in [-0.2, -0.15) is 0 Å².